The molecule has 2 fully saturated rings. The van der Waals surface area contributed by atoms with Crippen LogP contribution in [0.1, 0.15) is 18.4 Å². The van der Waals surface area contributed by atoms with Crippen molar-refractivity contribution in [1.29, 1.82) is 0 Å². The summed E-state index contributed by atoms with van der Waals surface area (Å²) >= 11 is 0. The summed E-state index contributed by atoms with van der Waals surface area (Å²) in [4.78, 5) is 12.3. The van der Waals surface area contributed by atoms with Crippen molar-refractivity contribution in [3.8, 4) is 0 Å². The summed E-state index contributed by atoms with van der Waals surface area (Å²) in [5.74, 6) is -0.162. The normalized spacial score (nSPS) is 27.8. The third-order valence-electron chi connectivity index (χ3n) is 4.10. The van der Waals surface area contributed by atoms with Crippen LogP contribution < -0.4 is 0 Å². The van der Waals surface area contributed by atoms with Gasteiger partial charge in [-0.05, 0) is 18.9 Å². The van der Waals surface area contributed by atoms with E-state index >= 15 is 0 Å². The van der Waals surface area contributed by atoms with Gasteiger partial charge in [0.1, 0.15) is 6.61 Å². The molecule has 2 aliphatic rings. The minimum atomic E-state index is -3.32. The van der Waals surface area contributed by atoms with Crippen molar-refractivity contribution in [2.24, 2.45) is 11.8 Å². The summed E-state index contributed by atoms with van der Waals surface area (Å²) in [6.07, 6.45) is 3.15. The van der Waals surface area contributed by atoms with Gasteiger partial charge >= 0.3 is 5.97 Å². The summed E-state index contributed by atoms with van der Waals surface area (Å²) in [6.45, 7) is 0.694. The fourth-order valence-corrected chi connectivity index (χ4v) is 3.92. The lowest BCUT2D eigenvalue weighted by Gasteiger charge is -2.08. The molecule has 1 saturated carbocycles. The first-order valence-electron chi connectivity index (χ1n) is 7.04. The van der Waals surface area contributed by atoms with E-state index in [-0.39, 0.29) is 35.4 Å². The van der Waals surface area contributed by atoms with Gasteiger partial charge in [0.05, 0.1) is 16.9 Å². The Kier molecular flexibility index (Phi) is 3.75. The molecule has 0 bridgehead atoms. The van der Waals surface area contributed by atoms with Crippen LogP contribution in [0.4, 0.5) is 0 Å². The molecule has 1 aromatic rings. The first-order chi connectivity index (χ1) is 9.98. The number of esters is 1. The predicted octanol–water partition coefficient (Wildman–Crippen LogP) is 1.56. The van der Waals surface area contributed by atoms with E-state index < -0.39 is 9.84 Å². The first kappa shape index (κ1) is 14.5. The molecule has 5 nitrogen and oxygen atoms in total. The molecular formula is C15H18O5S. The standard InChI is InChI=1S/C15H18O5S/c1-21(17,18)12-7-3-2-5-10(12)9-20-15(16)13-11-6-4-8-19-14(11)13/h2-3,5,7,11,13-14H,4,6,8-9H2,1H3. The van der Waals surface area contributed by atoms with E-state index in [4.69, 9.17) is 9.47 Å². The predicted molar refractivity (Wildman–Crippen MR) is 75.3 cm³/mol. The van der Waals surface area contributed by atoms with Gasteiger partial charge in [-0.25, -0.2) is 8.42 Å². The van der Waals surface area contributed by atoms with Gasteiger partial charge in [0.2, 0.25) is 0 Å². The number of carbonyl (C=O) groups excluding carboxylic acids is 1. The molecule has 1 aromatic carbocycles. The Hall–Kier alpha value is -1.40. The zero-order valence-corrected chi connectivity index (χ0v) is 12.6. The van der Waals surface area contributed by atoms with Crippen molar-refractivity contribution in [2.45, 2.75) is 30.4 Å². The fraction of sp³-hybridized carbons (Fsp3) is 0.533. The van der Waals surface area contributed by atoms with Crippen LogP contribution in [0.2, 0.25) is 0 Å². The molecule has 0 spiro atoms. The van der Waals surface area contributed by atoms with Crippen LogP contribution in [-0.4, -0.2) is 33.4 Å². The highest BCUT2D eigenvalue weighted by atomic mass is 32.2. The zero-order chi connectivity index (χ0) is 15.0. The van der Waals surface area contributed by atoms with Crippen molar-refractivity contribution in [3.05, 3.63) is 29.8 Å². The lowest BCUT2D eigenvalue weighted by Crippen LogP contribution is -2.12. The van der Waals surface area contributed by atoms with Gasteiger partial charge in [-0.1, -0.05) is 18.2 Å². The molecule has 6 heteroatoms. The number of hydrogen-bond donors (Lipinski definition) is 0. The summed E-state index contributed by atoms with van der Waals surface area (Å²) in [6, 6.07) is 6.58. The van der Waals surface area contributed by atoms with E-state index in [2.05, 4.69) is 0 Å². The lowest BCUT2D eigenvalue weighted by molar-refractivity contribution is -0.147. The van der Waals surface area contributed by atoms with Crippen LogP contribution in [0.25, 0.3) is 0 Å². The van der Waals surface area contributed by atoms with E-state index in [1.54, 1.807) is 18.2 Å². The smallest absolute Gasteiger partial charge is 0.312 e. The van der Waals surface area contributed by atoms with Crippen LogP contribution in [0.15, 0.2) is 29.2 Å². The average molecular weight is 310 g/mol. The van der Waals surface area contributed by atoms with Gasteiger partial charge in [0.15, 0.2) is 9.84 Å². The van der Waals surface area contributed by atoms with E-state index in [1.165, 1.54) is 6.07 Å². The maximum Gasteiger partial charge on any atom is 0.312 e. The monoisotopic (exact) mass is 310 g/mol. The van der Waals surface area contributed by atoms with Crippen molar-refractivity contribution >= 4 is 15.8 Å². The van der Waals surface area contributed by atoms with Crippen molar-refractivity contribution in [2.75, 3.05) is 12.9 Å². The van der Waals surface area contributed by atoms with Gasteiger partial charge < -0.3 is 9.47 Å². The number of ether oxygens (including phenoxy) is 2. The van der Waals surface area contributed by atoms with Gasteiger partial charge in [0.25, 0.3) is 0 Å². The summed E-state index contributed by atoms with van der Waals surface area (Å²) in [5.41, 5.74) is 0.512. The Morgan fingerprint density at radius 1 is 1.38 bits per heavy atom. The zero-order valence-electron chi connectivity index (χ0n) is 11.8. The first-order valence-corrected chi connectivity index (χ1v) is 8.94. The van der Waals surface area contributed by atoms with Crippen molar-refractivity contribution < 1.29 is 22.7 Å². The number of sulfone groups is 1. The number of rotatable bonds is 4. The third-order valence-corrected chi connectivity index (χ3v) is 5.30. The second-order valence-electron chi connectivity index (χ2n) is 5.65. The van der Waals surface area contributed by atoms with Gasteiger partial charge in [-0.2, -0.15) is 0 Å². The molecule has 21 heavy (non-hydrogen) atoms. The Morgan fingerprint density at radius 2 is 2.14 bits per heavy atom. The van der Waals surface area contributed by atoms with Crippen molar-refractivity contribution in [1.82, 2.24) is 0 Å². The Morgan fingerprint density at radius 3 is 2.81 bits per heavy atom. The number of benzene rings is 1. The average Bonchev–Trinajstić information content (AvgIpc) is 3.18. The van der Waals surface area contributed by atoms with E-state index in [1.807, 2.05) is 0 Å². The topological polar surface area (TPSA) is 69.7 Å². The third kappa shape index (κ3) is 2.96. The highest BCUT2D eigenvalue weighted by Crippen LogP contribution is 2.48. The van der Waals surface area contributed by atoms with Crippen molar-refractivity contribution in [3.63, 3.8) is 0 Å². The van der Waals surface area contributed by atoms with Crippen LogP contribution >= 0.6 is 0 Å². The number of carbonyl (C=O) groups is 1. The second-order valence-corrected chi connectivity index (χ2v) is 7.64. The Balaban J connectivity index is 1.65. The quantitative estimate of drug-likeness (QED) is 0.789. The Labute approximate surface area is 124 Å². The SMILES string of the molecule is CS(=O)(=O)c1ccccc1COC(=O)C1C2CCCOC21. The molecule has 0 aromatic heterocycles. The van der Waals surface area contributed by atoms with Crippen LogP contribution in [0, 0.1) is 11.8 Å². The second kappa shape index (κ2) is 5.42. The molecule has 3 rings (SSSR count). The molecule has 3 unspecified atom stereocenters. The number of fused-ring (bicyclic) bond motifs is 1. The van der Waals surface area contributed by atoms with Crippen LogP contribution in [0.3, 0.4) is 0 Å². The lowest BCUT2D eigenvalue weighted by atomic mass is 10.2. The molecule has 0 amide bonds. The molecule has 1 aliphatic carbocycles. The highest BCUT2D eigenvalue weighted by Gasteiger charge is 2.57. The van der Waals surface area contributed by atoms with Gasteiger partial charge in [-0.3, -0.25) is 4.79 Å². The van der Waals surface area contributed by atoms with Gasteiger partial charge in [-0.15, -0.1) is 0 Å². The van der Waals surface area contributed by atoms with E-state index in [0.29, 0.717) is 12.2 Å². The molecule has 0 radical (unpaired) electrons. The molecule has 114 valence electrons. The van der Waals surface area contributed by atoms with Crippen LogP contribution in [0.5, 0.6) is 0 Å². The Bertz CT molecular complexity index is 640. The largest absolute Gasteiger partial charge is 0.460 e. The number of hydrogen-bond acceptors (Lipinski definition) is 5. The van der Waals surface area contributed by atoms with Crippen LogP contribution in [-0.2, 0) is 30.7 Å². The summed E-state index contributed by atoms with van der Waals surface area (Å²) in [7, 11) is -3.32. The minimum Gasteiger partial charge on any atom is -0.460 e. The molecule has 1 aliphatic heterocycles. The molecule has 1 saturated heterocycles. The molecule has 0 N–H and O–H groups in total. The van der Waals surface area contributed by atoms with E-state index in [0.717, 1.165) is 19.1 Å². The summed E-state index contributed by atoms with van der Waals surface area (Å²) in [5, 5.41) is 0. The van der Waals surface area contributed by atoms with E-state index in [9.17, 15) is 13.2 Å². The highest BCUT2D eigenvalue weighted by molar-refractivity contribution is 7.90. The molecule has 3 atom stereocenters. The molecule has 1 heterocycles. The summed E-state index contributed by atoms with van der Waals surface area (Å²) < 4.78 is 34.2. The fourth-order valence-electron chi connectivity index (χ4n) is 2.99. The van der Waals surface area contributed by atoms with Gasteiger partial charge in [0, 0.05) is 24.3 Å². The molecular weight excluding hydrogens is 292 g/mol. The minimum absolute atomic E-state index is 0.0106. The maximum absolute atomic E-state index is 12.1. The maximum atomic E-state index is 12.1.